The summed E-state index contributed by atoms with van der Waals surface area (Å²) in [6.45, 7) is 8.09. The van der Waals surface area contributed by atoms with Gasteiger partial charge in [0.1, 0.15) is 6.10 Å². The van der Waals surface area contributed by atoms with Crippen molar-refractivity contribution in [2.75, 3.05) is 13.2 Å². The molecule has 1 aliphatic rings. The number of piperidine rings is 1. The summed E-state index contributed by atoms with van der Waals surface area (Å²) in [7, 11) is 0. The standard InChI is InChI=1S/C15H27N3O2/c1-4-7-13(19-6-3)14-17-15(20-18-14)12-10-11(5-2)8-9-16-12/h11-13,16H,4-10H2,1-3H3. The largest absolute Gasteiger partial charge is 0.370 e. The van der Waals surface area contributed by atoms with Gasteiger partial charge in [0.2, 0.25) is 11.7 Å². The van der Waals surface area contributed by atoms with Crippen LogP contribution in [0.4, 0.5) is 0 Å². The molecule has 0 spiro atoms. The highest BCUT2D eigenvalue weighted by Crippen LogP contribution is 2.29. The first-order valence-corrected chi connectivity index (χ1v) is 7.96. The Hall–Kier alpha value is -0.940. The Balaban J connectivity index is 2.03. The molecule has 0 bridgehead atoms. The van der Waals surface area contributed by atoms with Crippen LogP contribution in [0.5, 0.6) is 0 Å². The van der Waals surface area contributed by atoms with Crippen molar-refractivity contribution in [2.45, 2.75) is 65.0 Å². The molecule has 0 saturated carbocycles. The highest BCUT2D eigenvalue weighted by molar-refractivity contribution is 4.98. The number of rotatable bonds is 7. The van der Waals surface area contributed by atoms with Crippen LogP contribution in [-0.2, 0) is 4.74 Å². The SMILES string of the molecule is CCCC(OCC)c1noc(C2CC(CC)CCN2)n1. The van der Waals surface area contributed by atoms with Gasteiger partial charge < -0.3 is 14.6 Å². The maximum Gasteiger partial charge on any atom is 0.243 e. The first-order chi connectivity index (χ1) is 9.78. The molecule has 3 unspecified atom stereocenters. The van der Waals surface area contributed by atoms with E-state index in [-0.39, 0.29) is 12.1 Å². The second-order valence-electron chi connectivity index (χ2n) is 5.53. The molecule has 0 amide bonds. The molecule has 2 rings (SSSR count). The first kappa shape index (κ1) is 15.4. The average molecular weight is 281 g/mol. The lowest BCUT2D eigenvalue weighted by atomic mass is 9.90. The Morgan fingerprint density at radius 3 is 2.95 bits per heavy atom. The molecule has 0 radical (unpaired) electrons. The topological polar surface area (TPSA) is 60.2 Å². The molecule has 114 valence electrons. The summed E-state index contributed by atoms with van der Waals surface area (Å²) in [4.78, 5) is 4.57. The third-order valence-corrected chi connectivity index (χ3v) is 4.05. The summed E-state index contributed by atoms with van der Waals surface area (Å²) < 4.78 is 11.2. The van der Waals surface area contributed by atoms with Crippen molar-refractivity contribution in [3.63, 3.8) is 0 Å². The van der Waals surface area contributed by atoms with E-state index in [0.29, 0.717) is 12.4 Å². The molecule has 1 aromatic heterocycles. The van der Waals surface area contributed by atoms with Crippen molar-refractivity contribution in [2.24, 2.45) is 5.92 Å². The van der Waals surface area contributed by atoms with E-state index in [1.807, 2.05) is 6.92 Å². The van der Waals surface area contributed by atoms with E-state index >= 15 is 0 Å². The van der Waals surface area contributed by atoms with Gasteiger partial charge in [0, 0.05) is 6.61 Å². The van der Waals surface area contributed by atoms with E-state index < -0.39 is 0 Å². The molecule has 1 aliphatic heterocycles. The van der Waals surface area contributed by atoms with Crippen molar-refractivity contribution in [1.29, 1.82) is 0 Å². The van der Waals surface area contributed by atoms with Gasteiger partial charge in [0.15, 0.2) is 0 Å². The molecule has 5 nitrogen and oxygen atoms in total. The minimum absolute atomic E-state index is 0.0342. The fourth-order valence-electron chi connectivity index (χ4n) is 2.83. The summed E-state index contributed by atoms with van der Waals surface area (Å²) in [5, 5.41) is 7.61. The Morgan fingerprint density at radius 1 is 1.40 bits per heavy atom. The summed E-state index contributed by atoms with van der Waals surface area (Å²) >= 11 is 0. The van der Waals surface area contributed by atoms with Crippen LogP contribution in [0.25, 0.3) is 0 Å². The maximum absolute atomic E-state index is 5.71. The van der Waals surface area contributed by atoms with Crippen molar-refractivity contribution in [3.8, 4) is 0 Å². The molecule has 3 atom stereocenters. The summed E-state index contributed by atoms with van der Waals surface area (Å²) in [6, 6.07) is 0.207. The summed E-state index contributed by atoms with van der Waals surface area (Å²) in [5.74, 6) is 2.18. The molecular formula is C15H27N3O2. The lowest BCUT2D eigenvalue weighted by molar-refractivity contribution is 0.0477. The lowest BCUT2D eigenvalue weighted by Gasteiger charge is -2.27. The van der Waals surface area contributed by atoms with Crippen LogP contribution in [0, 0.1) is 5.92 Å². The van der Waals surface area contributed by atoms with Gasteiger partial charge in [-0.25, -0.2) is 0 Å². The third-order valence-electron chi connectivity index (χ3n) is 4.05. The molecule has 2 heterocycles. The van der Waals surface area contributed by atoms with E-state index in [9.17, 15) is 0 Å². The smallest absolute Gasteiger partial charge is 0.243 e. The van der Waals surface area contributed by atoms with Gasteiger partial charge in [0.25, 0.3) is 0 Å². The van der Waals surface area contributed by atoms with Gasteiger partial charge in [-0.15, -0.1) is 0 Å². The fourth-order valence-corrected chi connectivity index (χ4v) is 2.83. The van der Waals surface area contributed by atoms with Crippen LogP contribution in [0.1, 0.15) is 76.7 Å². The Labute approximate surface area is 121 Å². The normalized spacial score (nSPS) is 24.8. The van der Waals surface area contributed by atoms with E-state index in [1.165, 1.54) is 12.8 Å². The Morgan fingerprint density at radius 2 is 2.25 bits per heavy atom. The number of hydrogen-bond donors (Lipinski definition) is 1. The number of ether oxygens (including phenoxy) is 1. The molecule has 1 fully saturated rings. The zero-order valence-electron chi connectivity index (χ0n) is 12.9. The van der Waals surface area contributed by atoms with Crippen molar-refractivity contribution in [3.05, 3.63) is 11.7 Å². The van der Waals surface area contributed by atoms with Gasteiger partial charge >= 0.3 is 0 Å². The van der Waals surface area contributed by atoms with Gasteiger partial charge in [0.05, 0.1) is 6.04 Å². The first-order valence-electron chi connectivity index (χ1n) is 7.96. The molecule has 0 aromatic carbocycles. The van der Waals surface area contributed by atoms with E-state index in [0.717, 1.165) is 37.6 Å². The quantitative estimate of drug-likeness (QED) is 0.830. The monoisotopic (exact) mass is 281 g/mol. The number of aromatic nitrogens is 2. The van der Waals surface area contributed by atoms with E-state index in [1.54, 1.807) is 0 Å². The predicted octanol–water partition coefficient (Wildman–Crippen LogP) is 3.40. The maximum atomic E-state index is 5.71. The minimum Gasteiger partial charge on any atom is -0.370 e. The number of nitrogens with one attached hydrogen (secondary N) is 1. The van der Waals surface area contributed by atoms with Crippen molar-refractivity contribution < 1.29 is 9.26 Å². The van der Waals surface area contributed by atoms with E-state index in [4.69, 9.17) is 9.26 Å². The van der Waals surface area contributed by atoms with Crippen molar-refractivity contribution >= 4 is 0 Å². The lowest BCUT2D eigenvalue weighted by Crippen LogP contribution is -2.31. The zero-order valence-corrected chi connectivity index (χ0v) is 12.9. The minimum atomic E-state index is -0.0342. The van der Waals surface area contributed by atoms with Crippen LogP contribution in [-0.4, -0.2) is 23.3 Å². The number of hydrogen-bond acceptors (Lipinski definition) is 5. The second kappa shape index (κ2) is 7.74. The highest BCUT2D eigenvalue weighted by atomic mass is 16.5. The van der Waals surface area contributed by atoms with Crippen LogP contribution in [0.15, 0.2) is 4.52 Å². The molecular weight excluding hydrogens is 254 g/mol. The van der Waals surface area contributed by atoms with Crippen LogP contribution >= 0.6 is 0 Å². The predicted molar refractivity (Wildman–Crippen MR) is 77.3 cm³/mol. The molecule has 5 heteroatoms. The van der Waals surface area contributed by atoms with Gasteiger partial charge in [-0.2, -0.15) is 4.98 Å². The second-order valence-corrected chi connectivity index (χ2v) is 5.53. The zero-order chi connectivity index (χ0) is 14.4. The molecule has 1 N–H and O–H groups in total. The average Bonchev–Trinajstić information content (AvgIpc) is 2.97. The third kappa shape index (κ3) is 3.79. The molecule has 20 heavy (non-hydrogen) atoms. The van der Waals surface area contributed by atoms with Gasteiger partial charge in [-0.1, -0.05) is 31.8 Å². The van der Waals surface area contributed by atoms with Gasteiger partial charge in [-0.3, -0.25) is 0 Å². The van der Waals surface area contributed by atoms with E-state index in [2.05, 4.69) is 29.3 Å². The number of nitrogens with zero attached hydrogens (tertiary/aromatic N) is 2. The van der Waals surface area contributed by atoms with Crippen LogP contribution in [0.2, 0.25) is 0 Å². The van der Waals surface area contributed by atoms with Crippen LogP contribution < -0.4 is 5.32 Å². The fraction of sp³-hybridized carbons (Fsp3) is 0.867. The molecule has 0 aliphatic carbocycles. The Kier molecular flexibility index (Phi) is 5.98. The Bertz CT molecular complexity index is 388. The molecule has 1 saturated heterocycles. The van der Waals surface area contributed by atoms with Crippen LogP contribution in [0.3, 0.4) is 0 Å². The highest BCUT2D eigenvalue weighted by Gasteiger charge is 2.27. The summed E-state index contributed by atoms with van der Waals surface area (Å²) in [6.07, 6.45) is 5.50. The summed E-state index contributed by atoms with van der Waals surface area (Å²) in [5.41, 5.74) is 0. The van der Waals surface area contributed by atoms with Crippen molar-refractivity contribution in [1.82, 2.24) is 15.5 Å². The molecule has 1 aromatic rings. The van der Waals surface area contributed by atoms with Gasteiger partial charge in [-0.05, 0) is 38.6 Å².